The fourth-order valence-electron chi connectivity index (χ4n) is 9.13. The summed E-state index contributed by atoms with van der Waals surface area (Å²) in [5.74, 6) is 0.0766. The highest BCUT2D eigenvalue weighted by Gasteiger charge is 2.62. The van der Waals surface area contributed by atoms with Gasteiger partial charge in [0, 0.05) is 31.5 Å². The Morgan fingerprint density at radius 1 is 1.10 bits per heavy atom. The maximum atomic E-state index is 14.7. The van der Waals surface area contributed by atoms with Crippen LogP contribution in [-0.2, 0) is 29.4 Å². The summed E-state index contributed by atoms with van der Waals surface area (Å²) in [4.78, 5) is 31.9. The number of imidazole rings is 1. The Balaban J connectivity index is 1.18. The molecule has 3 aliphatic carbocycles. The van der Waals surface area contributed by atoms with E-state index in [0.29, 0.717) is 23.2 Å². The lowest BCUT2D eigenvalue weighted by Crippen LogP contribution is -2.60. The average Bonchev–Trinajstić information content (AvgIpc) is 3.41. The van der Waals surface area contributed by atoms with Gasteiger partial charge in [0.1, 0.15) is 5.82 Å². The van der Waals surface area contributed by atoms with Gasteiger partial charge in [-0.3, -0.25) is 9.59 Å². The van der Waals surface area contributed by atoms with Gasteiger partial charge >= 0.3 is 6.18 Å². The molecular weight excluding hydrogens is 524 g/mol. The van der Waals surface area contributed by atoms with E-state index in [0.717, 1.165) is 50.7 Å². The average molecular weight is 561 g/mol. The van der Waals surface area contributed by atoms with Crippen molar-refractivity contribution in [2.45, 2.75) is 71.1 Å². The van der Waals surface area contributed by atoms with Crippen LogP contribution in [0, 0.1) is 34.5 Å². The number of likely N-dealkylation sites (N-methyl/N-ethyl adjacent to an activating group) is 1. The molecule has 40 heavy (non-hydrogen) atoms. The zero-order valence-electron chi connectivity index (χ0n) is 23.3. The van der Waals surface area contributed by atoms with Crippen LogP contribution in [-0.4, -0.2) is 39.4 Å². The summed E-state index contributed by atoms with van der Waals surface area (Å²) in [5, 5.41) is 3.04. The van der Waals surface area contributed by atoms with Crippen LogP contribution in [0.3, 0.4) is 0 Å². The van der Waals surface area contributed by atoms with Crippen molar-refractivity contribution in [3.63, 3.8) is 0 Å². The zero-order chi connectivity index (χ0) is 28.8. The predicted octanol–water partition coefficient (Wildman–Crippen LogP) is 5.76. The first-order valence-electron chi connectivity index (χ1n) is 14.2. The molecule has 6 nitrogen and oxygen atoms in total. The number of fused-ring (bicyclic) bond motifs is 6. The van der Waals surface area contributed by atoms with Crippen LogP contribution >= 0.6 is 0 Å². The van der Waals surface area contributed by atoms with E-state index in [-0.39, 0.29) is 41.3 Å². The van der Waals surface area contributed by atoms with E-state index in [1.165, 1.54) is 6.07 Å². The molecule has 4 aliphatic rings. The highest BCUT2D eigenvalue weighted by molar-refractivity contribution is 5.92. The summed E-state index contributed by atoms with van der Waals surface area (Å²) in [6.45, 7) is 4.46. The lowest BCUT2D eigenvalue weighted by molar-refractivity contribution is -0.145. The molecule has 1 aromatic carbocycles. The second kappa shape index (κ2) is 9.05. The van der Waals surface area contributed by atoms with Crippen LogP contribution in [0.15, 0.2) is 30.1 Å². The number of halogens is 4. The van der Waals surface area contributed by atoms with Crippen LogP contribution in [0.1, 0.15) is 63.8 Å². The number of aryl methyl sites for hydroxylation is 1. The van der Waals surface area contributed by atoms with Crippen molar-refractivity contribution < 1.29 is 27.2 Å². The Hall–Kier alpha value is -2.91. The Kier molecular flexibility index (Phi) is 6.17. The Labute approximate surface area is 231 Å². The second-order valence-electron chi connectivity index (χ2n) is 12.9. The fourth-order valence-corrected chi connectivity index (χ4v) is 9.13. The van der Waals surface area contributed by atoms with Crippen molar-refractivity contribution in [3.05, 3.63) is 41.5 Å². The number of nitrogens with one attached hydrogen (secondary N) is 1. The molecule has 6 rings (SSSR count). The third kappa shape index (κ3) is 3.91. The van der Waals surface area contributed by atoms with Gasteiger partial charge in [-0.1, -0.05) is 13.8 Å². The van der Waals surface area contributed by atoms with Gasteiger partial charge < -0.3 is 14.8 Å². The van der Waals surface area contributed by atoms with Gasteiger partial charge in [-0.25, -0.2) is 9.37 Å². The molecule has 216 valence electrons. The maximum Gasteiger partial charge on any atom is 0.416 e. The third-order valence-corrected chi connectivity index (χ3v) is 11.2. The van der Waals surface area contributed by atoms with Gasteiger partial charge in [0.15, 0.2) is 5.83 Å². The number of hydrogen-bond acceptors (Lipinski definition) is 3. The predicted molar refractivity (Wildman–Crippen MR) is 141 cm³/mol. The van der Waals surface area contributed by atoms with Gasteiger partial charge in [0.05, 0.1) is 23.1 Å². The van der Waals surface area contributed by atoms with Crippen LogP contribution < -0.4 is 5.32 Å². The molecule has 3 fully saturated rings. The summed E-state index contributed by atoms with van der Waals surface area (Å²) in [5.41, 5.74) is -0.516. The maximum absolute atomic E-state index is 14.7. The smallest absolute Gasteiger partial charge is 0.349 e. The first kappa shape index (κ1) is 27.3. The van der Waals surface area contributed by atoms with E-state index in [4.69, 9.17) is 0 Å². The van der Waals surface area contributed by atoms with Crippen molar-refractivity contribution in [1.29, 1.82) is 0 Å². The molecule has 0 saturated heterocycles. The molecule has 2 amide bonds. The monoisotopic (exact) mass is 560 g/mol. The molecule has 0 unspecified atom stereocenters. The highest BCUT2D eigenvalue weighted by atomic mass is 19.4. The number of nitrogens with zero attached hydrogens (tertiary/aromatic N) is 3. The number of alkyl halides is 3. The normalized spacial score (nSPS) is 35.7. The van der Waals surface area contributed by atoms with E-state index in [2.05, 4.69) is 24.1 Å². The van der Waals surface area contributed by atoms with E-state index < -0.39 is 28.9 Å². The standard InChI is InChI=1S/C30H36F4N4O2/c1-28-12-11-19-17(6-10-24-29(19,2)14-21(31)27(40)38(24)4)18(28)7-8-20(28)26(39)35-15-25-36-22-13-16(30(32,33)34)5-9-23(22)37(25)3/h5,9,13-14,17-20,24H,6-8,10-12,15H2,1-4H3,(H,35,39)/t17-,18-,19-,20+,24+,28-,29+/m0/s1. The van der Waals surface area contributed by atoms with Crippen molar-refractivity contribution in [2.24, 2.45) is 41.5 Å². The number of hydrogen-bond donors (Lipinski definition) is 1. The van der Waals surface area contributed by atoms with E-state index in [1.54, 1.807) is 29.6 Å². The molecular formula is C30H36F4N4O2. The largest absolute Gasteiger partial charge is 0.416 e. The summed E-state index contributed by atoms with van der Waals surface area (Å²) in [7, 11) is 3.45. The van der Waals surface area contributed by atoms with Gasteiger partial charge in [0.2, 0.25) is 5.91 Å². The molecule has 0 radical (unpaired) electrons. The minimum absolute atomic E-state index is 0.00823. The minimum atomic E-state index is -4.45. The van der Waals surface area contributed by atoms with Crippen molar-refractivity contribution in [3.8, 4) is 0 Å². The number of carbonyl (C=O) groups is 2. The molecule has 1 N–H and O–H groups in total. The summed E-state index contributed by atoms with van der Waals surface area (Å²) in [6, 6.07) is 3.49. The minimum Gasteiger partial charge on any atom is -0.349 e. The van der Waals surface area contributed by atoms with E-state index in [1.807, 2.05) is 0 Å². The number of aromatic nitrogens is 2. The highest BCUT2D eigenvalue weighted by Crippen LogP contribution is 2.65. The Bertz CT molecular complexity index is 1420. The molecule has 2 heterocycles. The second-order valence-corrected chi connectivity index (χ2v) is 12.9. The van der Waals surface area contributed by atoms with Crippen LogP contribution in [0.25, 0.3) is 11.0 Å². The van der Waals surface area contributed by atoms with Crippen LogP contribution in [0.5, 0.6) is 0 Å². The number of benzene rings is 1. The summed E-state index contributed by atoms with van der Waals surface area (Å²) < 4.78 is 55.8. The van der Waals surface area contributed by atoms with Gasteiger partial charge in [-0.2, -0.15) is 13.2 Å². The van der Waals surface area contributed by atoms with Crippen LogP contribution in [0.4, 0.5) is 17.6 Å². The third-order valence-electron chi connectivity index (χ3n) is 11.2. The van der Waals surface area contributed by atoms with E-state index >= 15 is 0 Å². The zero-order valence-corrected chi connectivity index (χ0v) is 23.3. The lowest BCUT2D eigenvalue weighted by Gasteiger charge is -2.60. The van der Waals surface area contributed by atoms with Crippen molar-refractivity contribution in [1.82, 2.24) is 19.8 Å². The molecule has 7 atom stereocenters. The lowest BCUT2D eigenvalue weighted by atomic mass is 9.47. The van der Waals surface area contributed by atoms with Crippen LogP contribution in [0.2, 0.25) is 0 Å². The summed E-state index contributed by atoms with van der Waals surface area (Å²) in [6.07, 6.45) is 2.39. The number of rotatable bonds is 3. The van der Waals surface area contributed by atoms with Gasteiger partial charge in [-0.15, -0.1) is 0 Å². The molecule has 2 aromatic rings. The Morgan fingerprint density at radius 3 is 2.58 bits per heavy atom. The summed E-state index contributed by atoms with van der Waals surface area (Å²) >= 11 is 0. The molecule has 3 saturated carbocycles. The number of amides is 2. The molecule has 1 aliphatic heterocycles. The fraction of sp³-hybridized carbons (Fsp3) is 0.633. The first-order valence-corrected chi connectivity index (χ1v) is 14.2. The number of carbonyl (C=O) groups excluding carboxylic acids is 2. The molecule has 10 heteroatoms. The quantitative estimate of drug-likeness (QED) is 0.486. The Morgan fingerprint density at radius 2 is 1.85 bits per heavy atom. The molecule has 1 aromatic heterocycles. The molecule has 0 spiro atoms. The topological polar surface area (TPSA) is 67.2 Å². The van der Waals surface area contributed by atoms with Gasteiger partial charge in [0.25, 0.3) is 5.91 Å². The van der Waals surface area contributed by atoms with E-state index in [9.17, 15) is 27.2 Å². The SMILES string of the molecule is CN1C(=O)C(F)=C[C@]2(C)[C@H]3CC[C@]4(C)[C@@H](C(=O)NCc5nc6cc(C(F)(F)F)ccc6n5C)CC[C@H]4[C@@H]3CC[C@@H]12. The first-order chi connectivity index (χ1) is 18.8. The van der Waals surface area contributed by atoms with Gasteiger partial charge in [-0.05, 0) is 86.0 Å². The van der Waals surface area contributed by atoms with Crippen molar-refractivity contribution >= 4 is 22.8 Å². The van der Waals surface area contributed by atoms with Crippen molar-refractivity contribution in [2.75, 3.05) is 7.05 Å². The molecule has 0 bridgehead atoms.